The van der Waals surface area contributed by atoms with Crippen LogP contribution in [0.2, 0.25) is 0 Å². The average molecular weight is 306 g/mol. The van der Waals surface area contributed by atoms with E-state index in [0.717, 1.165) is 23.7 Å². The Bertz CT molecular complexity index is 441. The molecule has 3 fully saturated rings. The van der Waals surface area contributed by atoms with Gasteiger partial charge in [0, 0.05) is 5.41 Å². The van der Waals surface area contributed by atoms with E-state index < -0.39 is 6.29 Å². The maximum absolute atomic E-state index is 10.9. The standard InChI is InChI=1S/C20H34O2/c1-6-13(4)20(5,12(2)3)19(21)22-18-11-14-10-17(18)16-9-7-8-15(14)16/h6,12,14-19,21H,7-11H2,1-5H3. The third-order valence-electron chi connectivity index (χ3n) is 7.67. The number of rotatable bonds is 5. The number of allylic oxidation sites excluding steroid dienone is 1. The first-order valence-electron chi connectivity index (χ1n) is 9.36. The van der Waals surface area contributed by atoms with Gasteiger partial charge in [-0.25, -0.2) is 0 Å². The Hall–Kier alpha value is -0.340. The molecule has 3 aliphatic rings. The molecule has 0 aromatic carbocycles. The van der Waals surface area contributed by atoms with Gasteiger partial charge in [0.1, 0.15) is 0 Å². The second-order valence-corrected chi connectivity index (χ2v) is 8.59. The molecule has 7 unspecified atom stereocenters. The molecule has 0 saturated heterocycles. The molecule has 3 saturated carbocycles. The van der Waals surface area contributed by atoms with Crippen LogP contribution < -0.4 is 0 Å². The summed E-state index contributed by atoms with van der Waals surface area (Å²) in [6.45, 7) is 10.7. The molecule has 0 aromatic heterocycles. The highest BCUT2D eigenvalue weighted by Crippen LogP contribution is 2.60. The fraction of sp³-hybridized carbons (Fsp3) is 0.900. The van der Waals surface area contributed by atoms with Gasteiger partial charge in [0.15, 0.2) is 6.29 Å². The molecule has 7 atom stereocenters. The molecule has 2 nitrogen and oxygen atoms in total. The maximum atomic E-state index is 10.9. The predicted molar refractivity (Wildman–Crippen MR) is 90.3 cm³/mol. The maximum Gasteiger partial charge on any atom is 0.164 e. The number of fused-ring (bicyclic) bond motifs is 5. The lowest BCUT2D eigenvalue weighted by Gasteiger charge is -2.42. The van der Waals surface area contributed by atoms with Crippen molar-refractivity contribution in [3.63, 3.8) is 0 Å². The highest BCUT2D eigenvalue weighted by atomic mass is 16.6. The van der Waals surface area contributed by atoms with E-state index in [4.69, 9.17) is 4.74 Å². The van der Waals surface area contributed by atoms with E-state index >= 15 is 0 Å². The number of aliphatic hydroxyl groups excluding tert-OH is 1. The Balaban J connectivity index is 1.71. The molecule has 0 heterocycles. The van der Waals surface area contributed by atoms with Crippen molar-refractivity contribution in [2.24, 2.45) is 35.0 Å². The van der Waals surface area contributed by atoms with E-state index in [-0.39, 0.29) is 5.41 Å². The van der Waals surface area contributed by atoms with Crippen molar-refractivity contribution in [1.29, 1.82) is 0 Å². The summed E-state index contributed by atoms with van der Waals surface area (Å²) in [4.78, 5) is 0. The Morgan fingerprint density at radius 2 is 1.86 bits per heavy atom. The number of hydrogen-bond donors (Lipinski definition) is 1. The van der Waals surface area contributed by atoms with Crippen LogP contribution in [0.5, 0.6) is 0 Å². The zero-order valence-corrected chi connectivity index (χ0v) is 15.0. The van der Waals surface area contributed by atoms with Crippen molar-refractivity contribution in [2.45, 2.75) is 79.1 Å². The van der Waals surface area contributed by atoms with Crippen LogP contribution >= 0.6 is 0 Å². The van der Waals surface area contributed by atoms with Crippen LogP contribution in [0.1, 0.15) is 66.7 Å². The first-order valence-corrected chi connectivity index (χ1v) is 9.36. The molecular formula is C20H34O2. The van der Waals surface area contributed by atoms with Gasteiger partial charge in [0.05, 0.1) is 6.10 Å². The van der Waals surface area contributed by atoms with E-state index in [0.29, 0.717) is 12.0 Å². The molecule has 0 aromatic rings. The lowest BCUT2D eigenvalue weighted by molar-refractivity contribution is -0.211. The summed E-state index contributed by atoms with van der Waals surface area (Å²) in [7, 11) is 0. The van der Waals surface area contributed by atoms with E-state index in [9.17, 15) is 5.11 Å². The molecule has 0 spiro atoms. The second kappa shape index (κ2) is 5.94. The van der Waals surface area contributed by atoms with Gasteiger partial charge in [-0.05, 0) is 69.1 Å². The van der Waals surface area contributed by atoms with Crippen LogP contribution in [-0.4, -0.2) is 17.5 Å². The summed E-state index contributed by atoms with van der Waals surface area (Å²) < 4.78 is 6.32. The minimum atomic E-state index is -0.687. The fourth-order valence-electron chi connectivity index (χ4n) is 5.71. The van der Waals surface area contributed by atoms with Gasteiger partial charge in [-0.15, -0.1) is 0 Å². The van der Waals surface area contributed by atoms with Crippen molar-refractivity contribution in [2.75, 3.05) is 0 Å². The Morgan fingerprint density at radius 3 is 2.50 bits per heavy atom. The zero-order valence-electron chi connectivity index (χ0n) is 15.0. The van der Waals surface area contributed by atoms with Crippen molar-refractivity contribution >= 4 is 0 Å². The topological polar surface area (TPSA) is 29.5 Å². The highest BCUT2D eigenvalue weighted by Gasteiger charge is 2.55. The molecule has 0 aliphatic heterocycles. The second-order valence-electron chi connectivity index (χ2n) is 8.59. The van der Waals surface area contributed by atoms with Gasteiger partial charge in [-0.3, -0.25) is 0 Å². The van der Waals surface area contributed by atoms with Crippen LogP contribution in [0, 0.1) is 35.0 Å². The Kier molecular flexibility index (Phi) is 4.46. The molecule has 2 bridgehead atoms. The van der Waals surface area contributed by atoms with Gasteiger partial charge >= 0.3 is 0 Å². The summed E-state index contributed by atoms with van der Waals surface area (Å²) >= 11 is 0. The van der Waals surface area contributed by atoms with Crippen LogP contribution in [0.15, 0.2) is 11.6 Å². The van der Waals surface area contributed by atoms with Crippen molar-refractivity contribution in [3.05, 3.63) is 11.6 Å². The zero-order chi connectivity index (χ0) is 16.1. The smallest absolute Gasteiger partial charge is 0.164 e. The quantitative estimate of drug-likeness (QED) is 0.585. The SMILES string of the molecule is CC=C(C)C(C)(C(C)C)C(O)OC1CC2CC1C1CCCC21. The highest BCUT2D eigenvalue weighted by molar-refractivity contribution is 5.13. The summed E-state index contributed by atoms with van der Waals surface area (Å²) in [6, 6.07) is 0. The van der Waals surface area contributed by atoms with Crippen molar-refractivity contribution in [3.8, 4) is 0 Å². The summed E-state index contributed by atoms with van der Waals surface area (Å²) in [5.74, 6) is 3.83. The molecule has 22 heavy (non-hydrogen) atoms. The average Bonchev–Trinajstić information content (AvgIpc) is 3.16. The molecule has 2 heteroatoms. The first kappa shape index (κ1) is 16.5. The van der Waals surface area contributed by atoms with E-state index in [2.05, 4.69) is 40.7 Å². The van der Waals surface area contributed by atoms with Crippen LogP contribution in [0.3, 0.4) is 0 Å². The molecule has 0 radical (unpaired) electrons. The summed E-state index contributed by atoms with van der Waals surface area (Å²) in [5.41, 5.74) is 0.947. The third-order valence-corrected chi connectivity index (χ3v) is 7.67. The molecular weight excluding hydrogens is 272 g/mol. The van der Waals surface area contributed by atoms with Gasteiger partial charge in [0.2, 0.25) is 0 Å². The molecule has 126 valence electrons. The minimum absolute atomic E-state index is 0.286. The number of ether oxygens (including phenoxy) is 1. The van der Waals surface area contributed by atoms with Crippen molar-refractivity contribution < 1.29 is 9.84 Å². The third kappa shape index (κ3) is 2.38. The van der Waals surface area contributed by atoms with E-state index in [1.807, 2.05) is 0 Å². The van der Waals surface area contributed by atoms with E-state index in [1.54, 1.807) is 0 Å². The summed E-state index contributed by atoms with van der Waals surface area (Å²) in [5, 5.41) is 10.9. The summed E-state index contributed by atoms with van der Waals surface area (Å²) in [6.07, 6.45) is 8.54. The van der Waals surface area contributed by atoms with Gasteiger partial charge in [-0.1, -0.05) is 38.8 Å². The van der Waals surface area contributed by atoms with Gasteiger partial charge < -0.3 is 9.84 Å². The van der Waals surface area contributed by atoms with Crippen LogP contribution in [-0.2, 0) is 4.74 Å². The minimum Gasteiger partial charge on any atom is -0.367 e. The van der Waals surface area contributed by atoms with E-state index in [1.165, 1.54) is 37.7 Å². The Morgan fingerprint density at radius 1 is 1.18 bits per heavy atom. The lowest BCUT2D eigenvalue weighted by atomic mass is 9.72. The largest absolute Gasteiger partial charge is 0.367 e. The molecule has 1 N–H and O–H groups in total. The fourth-order valence-corrected chi connectivity index (χ4v) is 5.71. The first-order chi connectivity index (χ1) is 10.4. The molecule has 0 amide bonds. The van der Waals surface area contributed by atoms with Gasteiger partial charge in [0.25, 0.3) is 0 Å². The predicted octanol–water partition coefficient (Wildman–Crippen LogP) is 4.77. The van der Waals surface area contributed by atoms with Crippen molar-refractivity contribution in [1.82, 2.24) is 0 Å². The lowest BCUT2D eigenvalue weighted by Crippen LogP contribution is -2.44. The number of aliphatic hydroxyl groups is 1. The Labute approximate surface area is 136 Å². The van der Waals surface area contributed by atoms with Crippen LogP contribution in [0.25, 0.3) is 0 Å². The van der Waals surface area contributed by atoms with Crippen LogP contribution in [0.4, 0.5) is 0 Å². The number of hydrogen-bond acceptors (Lipinski definition) is 2. The molecule has 3 aliphatic carbocycles. The normalized spacial score (nSPS) is 41.8. The van der Waals surface area contributed by atoms with Gasteiger partial charge in [-0.2, -0.15) is 0 Å². The molecule has 3 rings (SSSR count). The monoisotopic (exact) mass is 306 g/mol.